The first kappa shape index (κ1) is 32.3. The Morgan fingerprint density at radius 1 is 0.860 bits per heavy atom. The number of benzene rings is 4. The highest BCUT2D eigenvalue weighted by molar-refractivity contribution is 9.10. The molecule has 1 atom stereocenters. The van der Waals surface area contributed by atoms with Gasteiger partial charge in [-0.05, 0) is 61.4 Å². The number of para-hydroxylation sites is 1. The van der Waals surface area contributed by atoms with E-state index in [4.69, 9.17) is 11.6 Å². The van der Waals surface area contributed by atoms with Crippen molar-refractivity contribution in [2.24, 2.45) is 0 Å². The van der Waals surface area contributed by atoms with Gasteiger partial charge in [-0.3, -0.25) is 13.9 Å². The largest absolute Gasteiger partial charge is 0.355 e. The van der Waals surface area contributed by atoms with E-state index in [2.05, 4.69) is 21.2 Å². The van der Waals surface area contributed by atoms with Crippen molar-refractivity contribution in [1.29, 1.82) is 0 Å². The van der Waals surface area contributed by atoms with Gasteiger partial charge in [0.25, 0.3) is 10.0 Å². The Labute approximate surface area is 266 Å². The van der Waals surface area contributed by atoms with Crippen LogP contribution >= 0.6 is 27.5 Å². The van der Waals surface area contributed by atoms with Crippen LogP contribution in [0.2, 0.25) is 5.02 Å². The zero-order valence-electron chi connectivity index (χ0n) is 23.9. The number of anilines is 1. The molecule has 0 heterocycles. The molecule has 43 heavy (non-hydrogen) atoms. The van der Waals surface area contributed by atoms with Gasteiger partial charge in [-0.2, -0.15) is 0 Å². The van der Waals surface area contributed by atoms with E-state index >= 15 is 0 Å². The van der Waals surface area contributed by atoms with E-state index in [-0.39, 0.29) is 34.5 Å². The number of nitrogens with one attached hydrogen (secondary N) is 1. The third-order valence-corrected chi connectivity index (χ3v) is 9.52. The van der Waals surface area contributed by atoms with Gasteiger partial charge in [0.2, 0.25) is 11.8 Å². The van der Waals surface area contributed by atoms with Gasteiger partial charge >= 0.3 is 0 Å². The minimum absolute atomic E-state index is 0.0230. The Balaban J connectivity index is 1.80. The van der Waals surface area contributed by atoms with Crippen LogP contribution in [0.1, 0.15) is 23.6 Å². The van der Waals surface area contributed by atoms with Crippen molar-refractivity contribution in [1.82, 2.24) is 10.2 Å². The zero-order valence-corrected chi connectivity index (χ0v) is 27.1. The summed E-state index contributed by atoms with van der Waals surface area (Å²) < 4.78 is 30.0. The predicted molar refractivity (Wildman–Crippen MR) is 174 cm³/mol. The molecular formula is C33H33BrClN3O4S. The van der Waals surface area contributed by atoms with Gasteiger partial charge in [-0.1, -0.05) is 99.8 Å². The minimum Gasteiger partial charge on any atom is -0.355 e. The molecule has 4 aromatic carbocycles. The van der Waals surface area contributed by atoms with Crippen LogP contribution in [-0.4, -0.2) is 44.3 Å². The normalized spacial score (nSPS) is 11.9. The van der Waals surface area contributed by atoms with Crippen molar-refractivity contribution in [3.63, 3.8) is 0 Å². The third kappa shape index (κ3) is 8.25. The summed E-state index contributed by atoms with van der Waals surface area (Å²) in [5.41, 5.74) is 2.71. The lowest BCUT2D eigenvalue weighted by atomic mass is 10.0. The molecule has 7 nitrogen and oxygen atoms in total. The van der Waals surface area contributed by atoms with E-state index in [9.17, 15) is 18.0 Å². The molecule has 10 heteroatoms. The van der Waals surface area contributed by atoms with Crippen LogP contribution in [0.25, 0.3) is 0 Å². The minimum atomic E-state index is -4.22. The van der Waals surface area contributed by atoms with Crippen molar-refractivity contribution >= 4 is 55.1 Å². The van der Waals surface area contributed by atoms with E-state index in [1.165, 1.54) is 17.0 Å². The van der Waals surface area contributed by atoms with E-state index in [0.29, 0.717) is 6.54 Å². The number of aryl methyl sites for hydroxylation is 1. The maximum atomic E-state index is 14.4. The number of likely N-dealkylation sites (N-methyl/N-ethyl adjacent to an activating group) is 1. The average Bonchev–Trinajstić information content (AvgIpc) is 3.00. The van der Waals surface area contributed by atoms with Crippen molar-refractivity contribution in [2.75, 3.05) is 17.4 Å². The second kappa shape index (κ2) is 14.7. The first-order valence-corrected chi connectivity index (χ1v) is 16.4. The Morgan fingerprint density at radius 2 is 1.49 bits per heavy atom. The first-order valence-electron chi connectivity index (χ1n) is 13.8. The lowest BCUT2D eigenvalue weighted by Crippen LogP contribution is -2.53. The molecule has 0 saturated carbocycles. The number of carbonyl (C=O) groups excluding carboxylic acids is 2. The molecule has 0 aliphatic carbocycles. The average molecular weight is 683 g/mol. The molecule has 0 fully saturated rings. The molecular weight excluding hydrogens is 650 g/mol. The summed E-state index contributed by atoms with van der Waals surface area (Å²) in [6.45, 7) is 3.56. The molecule has 0 radical (unpaired) electrons. The second-order valence-electron chi connectivity index (χ2n) is 10.0. The topological polar surface area (TPSA) is 86.8 Å². The van der Waals surface area contributed by atoms with Crippen LogP contribution in [0.3, 0.4) is 0 Å². The summed E-state index contributed by atoms with van der Waals surface area (Å²) in [6.07, 6.45) is 0.242. The van der Waals surface area contributed by atoms with Gasteiger partial charge < -0.3 is 10.2 Å². The summed E-state index contributed by atoms with van der Waals surface area (Å²) in [5.74, 6) is -0.881. The molecule has 224 valence electrons. The summed E-state index contributed by atoms with van der Waals surface area (Å²) >= 11 is 9.95. The van der Waals surface area contributed by atoms with Crippen LogP contribution in [0.5, 0.6) is 0 Å². The van der Waals surface area contributed by atoms with Crippen molar-refractivity contribution in [3.05, 3.63) is 129 Å². The fourth-order valence-electron chi connectivity index (χ4n) is 4.64. The molecule has 0 aromatic heterocycles. The van der Waals surface area contributed by atoms with Crippen LogP contribution in [0.4, 0.5) is 5.69 Å². The predicted octanol–water partition coefficient (Wildman–Crippen LogP) is 6.38. The molecule has 0 aliphatic rings. The molecule has 0 spiro atoms. The molecule has 2 amide bonds. The second-order valence-corrected chi connectivity index (χ2v) is 13.2. The highest BCUT2D eigenvalue weighted by Crippen LogP contribution is 2.31. The van der Waals surface area contributed by atoms with Crippen molar-refractivity contribution < 1.29 is 18.0 Å². The van der Waals surface area contributed by atoms with Crippen molar-refractivity contribution in [3.8, 4) is 0 Å². The van der Waals surface area contributed by atoms with Crippen LogP contribution in [-0.2, 0) is 32.6 Å². The summed E-state index contributed by atoms with van der Waals surface area (Å²) in [4.78, 5) is 29.4. The van der Waals surface area contributed by atoms with Crippen LogP contribution in [0.15, 0.2) is 112 Å². The standard InChI is InChI=1S/C33H33BrClN3O4S/c1-3-36-33(40)31(21-25-9-5-4-6-10-25)37(22-26-15-17-27(34)18-16-26)32(39)23-38(30-12-8-7-11-29(30)35)43(41,42)28-19-13-24(2)14-20-28/h4-20,31H,3,21-23H2,1-2H3,(H,36,40)/t31-/m0/s1. The van der Waals surface area contributed by atoms with Crippen LogP contribution in [0, 0.1) is 6.92 Å². The number of amides is 2. The van der Waals surface area contributed by atoms with Gasteiger partial charge in [-0.15, -0.1) is 0 Å². The number of rotatable bonds is 12. The number of halogens is 2. The monoisotopic (exact) mass is 681 g/mol. The number of hydrogen-bond acceptors (Lipinski definition) is 4. The molecule has 0 unspecified atom stereocenters. The van der Waals surface area contributed by atoms with E-state index < -0.39 is 28.5 Å². The van der Waals surface area contributed by atoms with Gasteiger partial charge in [0.1, 0.15) is 12.6 Å². The highest BCUT2D eigenvalue weighted by Gasteiger charge is 2.35. The third-order valence-electron chi connectivity index (χ3n) is 6.90. The summed E-state index contributed by atoms with van der Waals surface area (Å²) in [7, 11) is -4.22. The van der Waals surface area contributed by atoms with E-state index in [1.807, 2.05) is 68.4 Å². The summed E-state index contributed by atoms with van der Waals surface area (Å²) in [5, 5.41) is 3.03. The smallest absolute Gasteiger partial charge is 0.264 e. The molecule has 0 bridgehead atoms. The zero-order chi connectivity index (χ0) is 31.0. The lowest BCUT2D eigenvalue weighted by Gasteiger charge is -2.34. The first-order chi connectivity index (χ1) is 20.6. The SMILES string of the molecule is CCNC(=O)[C@H](Cc1ccccc1)N(Cc1ccc(Br)cc1)C(=O)CN(c1ccccc1Cl)S(=O)(=O)c1ccc(C)cc1. The number of sulfonamides is 1. The maximum Gasteiger partial charge on any atom is 0.264 e. The van der Waals surface area contributed by atoms with Gasteiger partial charge in [0.05, 0.1) is 15.6 Å². The number of hydrogen-bond donors (Lipinski definition) is 1. The quantitative estimate of drug-likeness (QED) is 0.188. The Morgan fingerprint density at radius 3 is 2.12 bits per heavy atom. The Hall–Kier alpha value is -3.66. The number of nitrogens with zero attached hydrogens (tertiary/aromatic N) is 2. The highest BCUT2D eigenvalue weighted by atomic mass is 79.9. The molecule has 4 aromatic rings. The van der Waals surface area contributed by atoms with Crippen molar-refractivity contribution in [2.45, 2.75) is 37.8 Å². The van der Waals surface area contributed by atoms with E-state index in [0.717, 1.165) is 25.5 Å². The van der Waals surface area contributed by atoms with Gasteiger partial charge in [-0.25, -0.2) is 8.42 Å². The Bertz CT molecular complexity index is 1650. The molecule has 4 rings (SSSR count). The lowest BCUT2D eigenvalue weighted by molar-refractivity contribution is -0.140. The fourth-order valence-corrected chi connectivity index (χ4v) is 6.62. The van der Waals surface area contributed by atoms with Gasteiger partial charge in [0.15, 0.2) is 0 Å². The molecule has 0 saturated heterocycles. The van der Waals surface area contributed by atoms with Crippen LogP contribution < -0.4 is 9.62 Å². The molecule has 0 aliphatic heterocycles. The maximum absolute atomic E-state index is 14.4. The number of carbonyl (C=O) groups is 2. The molecule has 1 N–H and O–H groups in total. The Kier molecular flexibility index (Phi) is 11.0. The van der Waals surface area contributed by atoms with Gasteiger partial charge in [0, 0.05) is 24.0 Å². The summed E-state index contributed by atoms with van der Waals surface area (Å²) in [6, 6.07) is 28.8. The fraction of sp³-hybridized carbons (Fsp3) is 0.212. The van der Waals surface area contributed by atoms with E-state index in [1.54, 1.807) is 36.4 Å².